The number of hydrogen-bond acceptors (Lipinski definition) is 4. The van der Waals surface area contributed by atoms with Crippen LogP contribution >= 0.6 is 0 Å². The van der Waals surface area contributed by atoms with Crippen LogP contribution < -0.4 is 5.32 Å². The van der Waals surface area contributed by atoms with E-state index in [4.69, 9.17) is 4.74 Å². The smallest absolute Gasteiger partial charge is 0.406 e. The Labute approximate surface area is 192 Å². The Kier molecular flexibility index (Phi) is 6.89. The number of nitrogens with zero attached hydrogens (tertiary/aromatic N) is 2. The number of alkyl carbamates (subject to hydrolysis) is 1. The molecule has 1 spiro atoms. The number of amides is 2. The van der Waals surface area contributed by atoms with Gasteiger partial charge >= 0.3 is 6.09 Å². The highest BCUT2D eigenvalue weighted by atomic mass is 16.5. The van der Waals surface area contributed by atoms with Crippen molar-refractivity contribution >= 4 is 12.0 Å². The molecule has 0 aromatic heterocycles. The highest BCUT2D eigenvalue weighted by molar-refractivity contribution is 5.90. The van der Waals surface area contributed by atoms with Crippen molar-refractivity contribution in [3.05, 3.63) is 46.5 Å². The van der Waals surface area contributed by atoms with Gasteiger partial charge in [-0.05, 0) is 76.6 Å². The number of carbonyl (C=O) groups is 2. The fourth-order valence-corrected chi connectivity index (χ4v) is 5.89. The van der Waals surface area contributed by atoms with E-state index < -0.39 is 11.5 Å². The molecule has 2 amide bonds. The Morgan fingerprint density at radius 1 is 1.16 bits per heavy atom. The van der Waals surface area contributed by atoms with Crippen molar-refractivity contribution < 1.29 is 14.3 Å². The van der Waals surface area contributed by atoms with E-state index in [1.54, 1.807) is 12.6 Å². The van der Waals surface area contributed by atoms with E-state index in [1.807, 2.05) is 4.90 Å². The van der Waals surface area contributed by atoms with E-state index in [1.165, 1.54) is 42.4 Å². The van der Waals surface area contributed by atoms with Gasteiger partial charge in [0.1, 0.15) is 6.61 Å². The number of rotatable bonds is 4. The Bertz CT molecular complexity index is 872. The fourth-order valence-electron chi connectivity index (χ4n) is 5.89. The summed E-state index contributed by atoms with van der Waals surface area (Å²) in [5.41, 5.74) is 5.12. The molecule has 0 atom stereocenters. The van der Waals surface area contributed by atoms with Crippen LogP contribution in [0.2, 0.25) is 0 Å². The standard InChI is InChI=1S/C26H37N3O3/c1-19(2)20-8-10-22(11-9-20)28-14-12-26(13-15-28)23-7-5-4-6-21(23)18-29(24(26)30)16-17-32-25(31)27-3/h4-7,22H,8-18H2,1-3H3,(H,27,31). The first-order valence-electron chi connectivity index (χ1n) is 12.1. The number of benzene rings is 1. The summed E-state index contributed by atoms with van der Waals surface area (Å²) in [4.78, 5) is 29.7. The van der Waals surface area contributed by atoms with Crippen molar-refractivity contribution in [2.24, 2.45) is 0 Å². The molecule has 1 aromatic rings. The van der Waals surface area contributed by atoms with Gasteiger partial charge in [0.05, 0.1) is 12.0 Å². The molecule has 0 radical (unpaired) electrons. The predicted octanol–water partition coefficient (Wildman–Crippen LogP) is 4.00. The second-order valence-corrected chi connectivity index (χ2v) is 9.72. The van der Waals surface area contributed by atoms with Crippen LogP contribution in [-0.4, -0.2) is 61.1 Å². The first-order chi connectivity index (χ1) is 15.4. The van der Waals surface area contributed by atoms with Crippen LogP contribution in [0.5, 0.6) is 0 Å². The number of ether oxygens (including phenoxy) is 1. The molecule has 6 nitrogen and oxygen atoms in total. The lowest BCUT2D eigenvalue weighted by molar-refractivity contribution is -0.142. The lowest BCUT2D eigenvalue weighted by Gasteiger charge is -2.49. The average molecular weight is 440 g/mol. The second-order valence-electron chi connectivity index (χ2n) is 9.72. The van der Waals surface area contributed by atoms with Gasteiger partial charge in [-0.1, -0.05) is 35.4 Å². The van der Waals surface area contributed by atoms with Crippen LogP contribution in [0.4, 0.5) is 4.79 Å². The number of likely N-dealkylation sites (tertiary alicyclic amines) is 1. The molecule has 2 fully saturated rings. The zero-order chi connectivity index (χ0) is 22.7. The Morgan fingerprint density at radius 2 is 1.84 bits per heavy atom. The van der Waals surface area contributed by atoms with Gasteiger partial charge in [0.25, 0.3) is 0 Å². The fraction of sp³-hybridized carbons (Fsp3) is 0.615. The zero-order valence-corrected chi connectivity index (χ0v) is 19.8. The predicted molar refractivity (Wildman–Crippen MR) is 125 cm³/mol. The molecular formula is C26H37N3O3. The molecule has 1 saturated carbocycles. The minimum Gasteiger partial charge on any atom is -0.448 e. The lowest BCUT2D eigenvalue weighted by Crippen LogP contribution is -2.57. The number of carbonyl (C=O) groups excluding carboxylic acids is 2. The molecule has 32 heavy (non-hydrogen) atoms. The third-order valence-corrected chi connectivity index (χ3v) is 7.82. The Morgan fingerprint density at radius 3 is 2.50 bits per heavy atom. The van der Waals surface area contributed by atoms with Gasteiger partial charge in [-0.25, -0.2) is 4.79 Å². The largest absolute Gasteiger partial charge is 0.448 e. The summed E-state index contributed by atoms with van der Waals surface area (Å²) in [5.74, 6) is 0.201. The molecule has 0 bridgehead atoms. The van der Waals surface area contributed by atoms with Gasteiger partial charge in [-0.15, -0.1) is 0 Å². The van der Waals surface area contributed by atoms with Crippen molar-refractivity contribution in [2.45, 2.75) is 70.4 Å². The Balaban J connectivity index is 1.46. The van der Waals surface area contributed by atoms with E-state index >= 15 is 0 Å². The summed E-state index contributed by atoms with van der Waals surface area (Å²) in [5, 5.41) is 2.46. The SMILES string of the molecule is CNC(=O)OCCN1Cc2ccccc2C2(CCN(C3CCC(=C(C)C)CC3)CC2)C1=O. The van der Waals surface area contributed by atoms with Gasteiger partial charge in [-0.3, -0.25) is 4.79 Å². The normalized spacial score (nSPS) is 23.1. The van der Waals surface area contributed by atoms with E-state index in [9.17, 15) is 9.59 Å². The first kappa shape index (κ1) is 22.8. The molecule has 2 aliphatic heterocycles. The highest BCUT2D eigenvalue weighted by Gasteiger charge is 2.49. The number of allylic oxidation sites excluding steroid dienone is 2. The minimum absolute atomic E-state index is 0.201. The maximum Gasteiger partial charge on any atom is 0.406 e. The van der Waals surface area contributed by atoms with Crippen LogP contribution in [0.1, 0.15) is 63.5 Å². The lowest BCUT2D eigenvalue weighted by atomic mass is 9.67. The summed E-state index contributed by atoms with van der Waals surface area (Å²) in [6.45, 7) is 7.64. The van der Waals surface area contributed by atoms with Crippen LogP contribution in [0.25, 0.3) is 0 Å². The maximum absolute atomic E-state index is 13.8. The molecule has 1 aromatic carbocycles. The molecule has 174 valence electrons. The molecule has 6 heteroatoms. The summed E-state index contributed by atoms with van der Waals surface area (Å²) < 4.78 is 5.17. The van der Waals surface area contributed by atoms with Crippen molar-refractivity contribution in [1.29, 1.82) is 0 Å². The van der Waals surface area contributed by atoms with Crippen molar-refractivity contribution in [1.82, 2.24) is 15.1 Å². The van der Waals surface area contributed by atoms with Gasteiger partial charge in [0.2, 0.25) is 5.91 Å². The molecule has 4 rings (SSSR count). The van der Waals surface area contributed by atoms with E-state index in [0.29, 0.717) is 19.1 Å². The van der Waals surface area contributed by atoms with Crippen LogP contribution in [-0.2, 0) is 21.5 Å². The molecular weight excluding hydrogens is 402 g/mol. The van der Waals surface area contributed by atoms with Gasteiger partial charge in [0.15, 0.2) is 0 Å². The summed E-state index contributed by atoms with van der Waals surface area (Å²) >= 11 is 0. The summed E-state index contributed by atoms with van der Waals surface area (Å²) in [6.07, 6.45) is 6.18. The molecule has 1 saturated heterocycles. The van der Waals surface area contributed by atoms with E-state index in [2.05, 4.69) is 48.3 Å². The summed E-state index contributed by atoms with van der Waals surface area (Å²) in [6, 6.07) is 9.06. The number of hydrogen-bond donors (Lipinski definition) is 1. The second kappa shape index (κ2) is 9.65. The minimum atomic E-state index is -0.457. The summed E-state index contributed by atoms with van der Waals surface area (Å²) in [7, 11) is 1.54. The van der Waals surface area contributed by atoms with Gasteiger partial charge < -0.3 is 19.9 Å². The van der Waals surface area contributed by atoms with E-state index in [0.717, 1.165) is 25.9 Å². The zero-order valence-electron chi connectivity index (χ0n) is 19.8. The van der Waals surface area contributed by atoms with Crippen LogP contribution in [0.3, 0.4) is 0 Å². The maximum atomic E-state index is 13.8. The topological polar surface area (TPSA) is 61.9 Å². The first-order valence-corrected chi connectivity index (χ1v) is 12.1. The quantitative estimate of drug-likeness (QED) is 0.721. The molecule has 0 unspecified atom stereocenters. The van der Waals surface area contributed by atoms with Crippen molar-refractivity contribution in [2.75, 3.05) is 33.3 Å². The number of piperidine rings is 1. The third-order valence-electron chi connectivity index (χ3n) is 7.82. The van der Waals surface area contributed by atoms with Crippen molar-refractivity contribution in [3.63, 3.8) is 0 Å². The number of nitrogens with one attached hydrogen (secondary N) is 1. The molecule has 2 heterocycles. The third kappa shape index (κ3) is 4.42. The highest BCUT2D eigenvalue weighted by Crippen LogP contribution is 2.44. The monoisotopic (exact) mass is 439 g/mol. The number of fused-ring (bicyclic) bond motifs is 2. The van der Waals surface area contributed by atoms with Gasteiger partial charge in [-0.2, -0.15) is 0 Å². The average Bonchev–Trinajstić information content (AvgIpc) is 2.82. The van der Waals surface area contributed by atoms with Crippen LogP contribution in [0.15, 0.2) is 35.4 Å². The van der Waals surface area contributed by atoms with Gasteiger partial charge in [0, 0.05) is 19.6 Å². The molecule has 3 aliphatic rings. The molecule has 1 N–H and O–H groups in total. The van der Waals surface area contributed by atoms with Crippen LogP contribution in [0, 0.1) is 0 Å². The van der Waals surface area contributed by atoms with Crippen molar-refractivity contribution in [3.8, 4) is 0 Å². The Hall–Kier alpha value is -2.34. The molecule has 1 aliphatic carbocycles. The van der Waals surface area contributed by atoms with E-state index in [-0.39, 0.29) is 12.5 Å².